The molecule has 0 radical (unpaired) electrons. The Balaban J connectivity index is 1.63. The van der Waals surface area contributed by atoms with E-state index in [9.17, 15) is 5.26 Å². The zero-order valence-corrected chi connectivity index (χ0v) is 14.4. The maximum Gasteiger partial charge on any atom is 0.0991 e. The molecule has 4 rings (SSSR count). The molecule has 1 aliphatic carbocycles. The van der Waals surface area contributed by atoms with Crippen LogP contribution in [-0.2, 0) is 11.8 Å². The number of nitriles is 1. The van der Waals surface area contributed by atoms with E-state index in [4.69, 9.17) is 4.74 Å². The van der Waals surface area contributed by atoms with Gasteiger partial charge in [0.15, 0.2) is 0 Å². The van der Waals surface area contributed by atoms with E-state index in [-0.39, 0.29) is 0 Å². The number of hydrogen-bond acceptors (Lipinski definition) is 3. The molecule has 1 saturated heterocycles. The summed E-state index contributed by atoms with van der Waals surface area (Å²) in [6, 6.07) is 9.05. The minimum absolute atomic E-state index is 0.601. The molecular weight excluding hydrogens is 298 g/mol. The molecule has 1 aromatic heterocycles. The molecule has 2 heterocycles. The third-order valence-corrected chi connectivity index (χ3v) is 5.80. The molecule has 2 unspecified atom stereocenters. The number of aromatic nitrogens is 1. The van der Waals surface area contributed by atoms with Gasteiger partial charge in [0.2, 0.25) is 0 Å². The lowest BCUT2D eigenvalue weighted by Crippen LogP contribution is -2.45. The van der Waals surface area contributed by atoms with Gasteiger partial charge in [0.25, 0.3) is 0 Å². The maximum absolute atomic E-state index is 9.24. The molecule has 2 aliphatic rings. The Morgan fingerprint density at radius 1 is 1.21 bits per heavy atom. The number of nitrogens with zero attached hydrogens (tertiary/aromatic N) is 3. The van der Waals surface area contributed by atoms with Crippen LogP contribution in [0.1, 0.15) is 42.7 Å². The van der Waals surface area contributed by atoms with Gasteiger partial charge in [-0.3, -0.25) is 4.90 Å². The van der Waals surface area contributed by atoms with E-state index >= 15 is 0 Å². The van der Waals surface area contributed by atoms with Crippen molar-refractivity contribution in [3.05, 3.63) is 35.5 Å². The summed E-state index contributed by atoms with van der Waals surface area (Å²) in [7, 11) is 2.11. The van der Waals surface area contributed by atoms with Crippen molar-refractivity contribution in [3.63, 3.8) is 0 Å². The molecule has 2 aromatic rings. The molecule has 0 amide bonds. The second-order valence-corrected chi connectivity index (χ2v) is 7.20. The molecule has 1 aliphatic heterocycles. The van der Waals surface area contributed by atoms with Gasteiger partial charge in [-0.2, -0.15) is 5.26 Å². The SMILES string of the molecule is Cn1cc(C2CCCC(N3CCOCC3)C2)c2cc(C#N)ccc21. The van der Waals surface area contributed by atoms with Crippen LogP contribution in [0.25, 0.3) is 10.9 Å². The van der Waals surface area contributed by atoms with Crippen LogP contribution in [-0.4, -0.2) is 41.8 Å². The predicted octanol–water partition coefficient (Wildman–Crippen LogP) is 3.41. The number of aryl methyl sites for hydroxylation is 1. The highest BCUT2D eigenvalue weighted by Crippen LogP contribution is 2.39. The van der Waals surface area contributed by atoms with Crippen molar-refractivity contribution < 1.29 is 4.74 Å². The largest absolute Gasteiger partial charge is 0.379 e. The summed E-state index contributed by atoms with van der Waals surface area (Å²) in [5.74, 6) is 0.601. The van der Waals surface area contributed by atoms with E-state index in [2.05, 4.69) is 40.9 Å². The third kappa shape index (κ3) is 2.83. The van der Waals surface area contributed by atoms with Gasteiger partial charge in [0, 0.05) is 43.3 Å². The first-order valence-electron chi connectivity index (χ1n) is 9.07. The van der Waals surface area contributed by atoms with Crippen LogP contribution in [0, 0.1) is 11.3 Å². The lowest BCUT2D eigenvalue weighted by Gasteiger charge is -2.39. The highest BCUT2D eigenvalue weighted by atomic mass is 16.5. The molecular formula is C20H25N3O. The van der Waals surface area contributed by atoms with Crippen LogP contribution < -0.4 is 0 Å². The third-order valence-electron chi connectivity index (χ3n) is 5.80. The monoisotopic (exact) mass is 323 g/mol. The van der Waals surface area contributed by atoms with Crippen LogP contribution >= 0.6 is 0 Å². The van der Waals surface area contributed by atoms with Crippen molar-refractivity contribution in [1.82, 2.24) is 9.47 Å². The van der Waals surface area contributed by atoms with Crippen molar-refractivity contribution >= 4 is 10.9 Å². The van der Waals surface area contributed by atoms with Gasteiger partial charge < -0.3 is 9.30 Å². The number of benzene rings is 1. The Kier molecular flexibility index (Phi) is 4.30. The number of rotatable bonds is 2. The maximum atomic E-state index is 9.24. The zero-order chi connectivity index (χ0) is 16.5. The van der Waals surface area contributed by atoms with Crippen LogP contribution in [0.5, 0.6) is 0 Å². The molecule has 1 aromatic carbocycles. The lowest BCUT2D eigenvalue weighted by atomic mass is 9.80. The highest BCUT2D eigenvalue weighted by molar-refractivity contribution is 5.85. The van der Waals surface area contributed by atoms with E-state index in [1.807, 2.05) is 6.07 Å². The fourth-order valence-electron chi connectivity index (χ4n) is 4.54. The second-order valence-electron chi connectivity index (χ2n) is 7.20. The Hall–Kier alpha value is -1.83. The minimum Gasteiger partial charge on any atom is -0.379 e. The molecule has 0 spiro atoms. The van der Waals surface area contributed by atoms with E-state index < -0.39 is 0 Å². The Morgan fingerprint density at radius 3 is 2.83 bits per heavy atom. The summed E-state index contributed by atoms with van der Waals surface area (Å²) < 4.78 is 7.73. The van der Waals surface area contributed by atoms with Crippen molar-refractivity contribution in [2.75, 3.05) is 26.3 Å². The molecule has 2 fully saturated rings. The van der Waals surface area contributed by atoms with E-state index in [1.54, 1.807) is 0 Å². The zero-order valence-electron chi connectivity index (χ0n) is 14.4. The summed E-state index contributed by atoms with van der Waals surface area (Å²) in [6.07, 6.45) is 7.39. The van der Waals surface area contributed by atoms with Gasteiger partial charge in [0.05, 0.1) is 24.8 Å². The van der Waals surface area contributed by atoms with Gasteiger partial charge >= 0.3 is 0 Å². The van der Waals surface area contributed by atoms with Gasteiger partial charge in [-0.15, -0.1) is 0 Å². The van der Waals surface area contributed by atoms with E-state index in [0.29, 0.717) is 12.0 Å². The van der Waals surface area contributed by atoms with Gasteiger partial charge in [0.1, 0.15) is 0 Å². The normalized spacial score (nSPS) is 25.7. The first kappa shape index (κ1) is 15.7. The fourth-order valence-corrected chi connectivity index (χ4v) is 4.54. The molecule has 2 atom stereocenters. The first-order chi connectivity index (χ1) is 11.8. The number of morpholine rings is 1. The average Bonchev–Trinajstić information content (AvgIpc) is 2.98. The molecule has 0 N–H and O–H groups in total. The summed E-state index contributed by atoms with van der Waals surface area (Å²) in [6.45, 7) is 3.90. The fraction of sp³-hybridized carbons (Fsp3) is 0.550. The second kappa shape index (κ2) is 6.58. The van der Waals surface area contributed by atoms with Gasteiger partial charge in [-0.1, -0.05) is 6.42 Å². The molecule has 0 bridgehead atoms. The summed E-state index contributed by atoms with van der Waals surface area (Å²) in [4.78, 5) is 2.63. The Morgan fingerprint density at radius 2 is 2.04 bits per heavy atom. The Labute approximate surface area is 143 Å². The highest BCUT2D eigenvalue weighted by Gasteiger charge is 2.30. The van der Waals surface area contributed by atoms with Crippen LogP contribution in [0.4, 0.5) is 0 Å². The number of fused-ring (bicyclic) bond motifs is 1. The predicted molar refractivity (Wildman–Crippen MR) is 95.0 cm³/mol. The van der Waals surface area contributed by atoms with Crippen LogP contribution in [0.15, 0.2) is 24.4 Å². The first-order valence-corrected chi connectivity index (χ1v) is 9.07. The van der Waals surface area contributed by atoms with Crippen molar-refractivity contribution in [2.45, 2.75) is 37.6 Å². The molecule has 126 valence electrons. The van der Waals surface area contributed by atoms with E-state index in [1.165, 1.54) is 42.1 Å². The van der Waals surface area contributed by atoms with Crippen LogP contribution in [0.3, 0.4) is 0 Å². The molecule has 4 heteroatoms. The summed E-state index contributed by atoms with van der Waals surface area (Å²) in [5.41, 5.74) is 3.43. The topological polar surface area (TPSA) is 41.2 Å². The number of ether oxygens (including phenoxy) is 1. The Bertz CT molecular complexity index is 767. The molecule has 4 nitrogen and oxygen atoms in total. The van der Waals surface area contributed by atoms with Crippen molar-refractivity contribution in [1.29, 1.82) is 5.26 Å². The summed E-state index contributed by atoms with van der Waals surface area (Å²) in [5, 5.41) is 10.5. The minimum atomic E-state index is 0.601. The van der Waals surface area contributed by atoms with Crippen molar-refractivity contribution in [3.8, 4) is 6.07 Å². The van der Waals surface area contributed by atoms with Gasteiger partial charge in [-0.25, -0.2) is 0 Å². The number of hydrogen-bond donors (Lipinski definition) is 0. The van der Waals surface area contributed by atoms with Gasteiger partial charge in [-0.05, 0) is 48.9 Å². The quantitative estimate of drug-likeness (QED) is 0.850. The lowest BCUT2D eigenvalue weighted by molar-refractivity contribution is 0.00662. The average molecular weight is 323 g/mol. The smallest absolute Gasteiger partial charge is 0.0991 e. The van der Waals surface area contributed by atoms with Crippen LogP contribution in [0.2, 0.25) is 0 Å². The van der Waals surface area contributed by atoms with E-state index in [0.717, 1.165) is 31.9 Å². The molecule has 1 saturated carbocycles. The van der Waals surface area contributed by atoms with Crippen molar-refractivity contribution in [2.24, 2.45) is 7.05 Å². The molecule has 24 heavy (non-hydrogen) atoms. The summed E-state index contributed by atoms with van der Waals surface area (Å²) >= 11 is 0. The standard InChI is InChI=1S/C20H25N3O/c1-22-14-19(18-11-15(13-21)5-6-20(18)22)16-3-2-4-17(12-16)23-7-9-24-10-8-23/h5-6,11,14,16-17H,2-4,7-10,12H2,1H3.